The van der Waals surface area contributed by atoms with Crippen molar-refractivity contribution in [2.24, 2.45) is 11.8 Å². The van der Waals surface area contributed by atoms with E-state index < -0.39 is 49.7 Å². The molecule has 3 rings (SSSR count). The van der Waals surface area contributed by atoms with Crippen LogP contribution in [0.5, 0.6) is 0 Å². The van der Waals surface area contributed by atoms with Crippen molar-refractivity contribution >= 4 is 0 Å². The summed E-state index contributed by atoms with van der Waals surface area (Å²) < 4.78 is 16.4. The van der Waals surface area contributed by atoms with Gasteiger partial charge in [0.15, 0.2) is 6.29 Å². The fraction of sp³-hybridized carbons (Fsp3) is 0.733. The highest BCUT2D eigenvalue weighted by atomic mass is 16.8. The van der Waals surface area contributed by atoms with E-state index >= 15 is 0 Å². The molecule has 0 aromatic rings. The minimum absolute atomic E-state index is 0.203. The van der Waals surface area contributed by atoms with Gasteiger partial charge in [0.05, 0.1) is 24.9 Å². The normalized spacial score (nSPS) is 49.8. The predicted molar refractivity (Wildman–Crippen MR) is 75.6 cm³/mol. The molecule has 0 aromatic carbocycles. The van der Waals surface area contributed by atoms with Crippen LogP contribution < -0.4 is 0 Å². The van der Waals surface area contributed by atoms with Crippen LogP contribution in [-0.2, 0) is 14.2 Å². The first-order valence-electron chi connectivity index (χ1n) is 7.58. The van der Waals surface area contributed by atoms with E-state index in [-0.39, 0.29) is 11.8 Å². The van der Waals surface area contributed by atoms with Gasteiger partial charge in [0.1, 0.15) is 24.4 Å². The van der Waals surface area contributed by atoms with Gasteiger partial charge in [-0.15, -0.1) is 0 Å². The Morgan fingerprint density at radius 2 is 1.87 bits per heavy atom. The Bertz CT molecular complexity index is 478. The Morgan fingerprint density at radius 1 is 1.13 bits per heavy atom. The molecule has 2 aliphatic heterocycles. The largest absolute Gasteiger partial charge is 0.472 e. The molecule has 0 unspecified atom stereocenters. The third-order valence-electron chi connectivity index (χ3n) is 4.73. The SMILES string of the molecule is C=C1C[C@@H](O)[C@@H]2C=CO[C@@H](O[C@@H]3O[C@@H](CO)[C@H](O)[C@H](O)[C@@H]3O)[C@H]12. The Kier molecular flexibility index (Phi) is 4.75. The van der Waals surface area contributed by atoms with Crippen LogP contribution in [-0.4, -0.2) is 75.2 Å². The quantitative estimate of drug-likeness (QED) is 0.384. The van der Waals surface area contributed by atoms with Gasteiger partial charge in [0.25, 0.3) is 0 Å². The molecule has 0 spiro atoms. The van der Waals surface area contributed by atoms with Crippen molar-refractivity contribution in [2.75, 3.05) is 6.61 Å². The number of aliphatic hydroxyl groups excluding tert-OH is 5. The van der Waals surface area contributed by atoms with E-state index in [1.165, 1.54) is 6.26 Å². The zero-order valence-corrected chi connectivity index (χ0v) is 12.4. The number of rotatable bonds is 3. The number of hydrogen-bond acceptors (Lipinski definition) is 8. The smallest absolute Gasteiger partial charge is 0.208 e. The first kappa shape index (κ1) is 16.8. The van der Waals surface area contributed by atoms with Crippen LogP contribution in [0.3, 0.4) is 0 Å². The monoisotopic (exact) mass is 330 g/mol. The van der Waals surface area contributed by atoms with Crippen molar-refractivity contribution in [3.05, 3.63) is 24.5 Å². The van der Waals surface area contributed by atoms with Crippen LogP contribution >= 0.6 is 0 Å². The fourth-order valence-electron chi connectivity index (χ4n) is 3.40. The molecule has 8 heteroatoms. The highest BCUT2D eigenvalue weighted by molar-refractivity contribution is 5.19. The molecule has 0 aromatic heterocycles. The minimum Gasteiger partial charge on any atom is -0.472 e. The number of ether oxygens (including phenoxy) is 3. The molecule has 0 bridgehead atoms. The molecule has 2 fully saturated rings. The summed E-state index contributed by atoms with van der Waals surface area (Å²) in [7, 11) is 0. The molecule has 0 radical (unpaired) electrons. The average molecular weight is 330 g/mol. The van der Waals surface area contributed by atoms with Crippen LogP contribution in [0, 0.1) is 11.8 Å². The van der Waals surface area contributed by atoms with Gasteiger partial charge in [0.2, 0.25) is 6.29 Å². The van der Waals surface area contributed by atoms with Crippen molar-refractivity contribution in [1.82, 2.24) is 0 Å². The first-order valence-corrected chi connectivity index (χ1v) is 7.58. The Balaban J connectivity index is 1.73. The van der Waals surface area contributed by atoms with Gasteiger partial charge in [-0.2, -0.15) is 0 Å². The molecule has 8 nitrogen and oxygen atoms in total. The Labute approximate surface area is 133 Å². The molecule has 1 saturated heterocycles. The Hall–Kier alpha value is -1.00. The molecule has 5 N–H and O–H groups in total. The van der Waals surface area contributed by atoms with E-state index in [9.17, 15) is 25.5 Å². The van der Waals surface area contributed by atoms with Gasteiger partial charge in [-0.3, -0.25) is 0 Å². The summed E-state index contributed by atoms with van der Waals surface area (Å²) >= 11 is 0. The van der Waals surface area contributed by atoms with Crippen molar-refractivity contribution in [1.29, 1.82) is 0 Å². The van der Waals surface area contributed by atoms with Crippen LogP contribution in [0.25, 0.3) is 0 Å². The van der Waals surface area contributed by atoms with Gasteiger partial charge < -0.3 is 39.7 Å². The van der Waals surface area contributed by atoms with Crippen LogP contribution in [0.15, 0.2) is 24.5 Å². The van der Waals surface area contributed by atoms with Gasteiger partial charge in [-0.25, -0.2) is 0 Å². The second kappa shape index (κ2) is 6.48. The lowest BCUT2D eigenvalue weighted by Crippen LogP contribution is -2.60. The van der Waals surface area contributed by atoms with Gasteiger partial charge in [0, 0.05) is 5.92 Å². The molecule has 2 heterocycles. The lowest BCUT2D eigenvalue weighted by atomic mass is 9.91. The molecule has 0 amide bonds. The van der Waals surface area contributed by atoms with E-state index in [1.807, 2.05) is 0 Å². The van der Waals surface area contributed by atoms with E-state index in [2.05, 4.69) is 6.58 Å². The van der Waals surface area contributed by atoms with Gasteiger partial charge >= 0.3 is 0 Å². The minimum atomic E-state index is -1.52. The number of fused-ring (bicyclic) bond motifs is 1. The molecule has 1 saturated carbocycles. The molecule has 1 aliphatic carbocycles. The van der Waals surface area contributed by atoms with Crippen LogP contribution in [0.4, 0.5) is 0 Å². The summed E-state index contributed by atoms with van der Waals surface area (Å²) in [6, 6.07) is 0. The third kappa shape index (κ3) is 2.91. The zero-order valence-electron chi connectivity index (χ0n) is 12.4. The maximum Gasteiger partial charge on any atom is 0.208 e. The number of aliphatic hydroxyl groups is 5. The maximum absolute atomic E-state index is 10.0. The standard InChI is InChI=1S/C15H22O8/c1-6-4-8(17)7-2-3-21-14(10(6)7)23-15-13(20)12(19)11(18)9(5-16)22-15/h2-3,7-20H,1,4-5H2/t7-,8+,9-,10+,11-,12-,13-,14-,15-/m0/s1. The van der Waals surface area contributed by atoms with Crippen molar-refractivity contribution < 1.29 is 39.7 Å². The summed E-state index contributed by atoms with van der Waals surface area (Å²) in [4.78, 5) is 0. The highest BCUT2D eigenvalue weighted by Crippen LogP contribution is 2.43. The second-order valence-electron chi connectivity index (χ2n) is 6.20. The molecule has 9 atom stereocenters. The van der Waals surface area contributed by atoms with Crippen molar-refractivity contribution in [3.63, 3.8) is 0 Å². The van der Waals surface area contributed by atoms with Gasteiger partial charge in [-0.1, -0.05) is 12.2 Å². The number of hydrogen-bond donors (Lipinski definition) is 5. The average Bonchev–Trinajstić information content (AvgIpc) is 2.83. The van der Waals surface area contributed by atoms with Crippen molar-refractivity contribution in [2.45, 2.75) is 49.5 Å². The lowest BCUT2D eigenvalue weighted by molar-refractivity contribution is -0.339. The van der Waals surface area contributed by atoms with Crippen LogP contribution in [0.1, 0.15) is 6.42 Å². The summed E-state index contributed by atoms with van der Waals surface area (Å²) in [6.07, 6.45) is -4.64. The third-order valence-corrected chi connectivity index (χ3v) is 4.73. The zero-order chi connectivity index (χ0) is 16.7. The highest BCUT2D eigenvalue weighted by Gasteiger charge is 2.49. The summed E-state index contributed by atoms with van der Waals surface area (Å²) in [5.41, 5.74) is 0.765. The van der Waals surface area contributed by atoms with E-state index in [0.717, 1.165) is 5.57 Å². The predicted octanol–water partition coefficient (Wildman–Crippen LogP) is -1.77. The maximum atomic E-state index is 10.0. The molecular weight excluding hydrogens is 308 g/mol. The first-order chi connectivity index (χ1) is 10.9. The summed E-state index contributed by atoms with van der Waals surface area (Å²) in [5.74, 6) is -0.506. The molecule has 23 heavy (non-hydrogen) atoms. The van der Waals surface area contributed by atoms with E-state index in [4.69, 9.17) is 14.2 Å². The van der Waals surface area contributed by atoms with E-state index in [1.54, 1.807) is 6.08 Å². The van der Waals surface area contributed by atoms with E-state index in [0.29, 0.717) is 6.42 Å². The lowest BCUT2D eigenvalue weighted by Gasteiger charge is -2.42. The topological polar surface area (TPSA) is 129 Å². The molecule has 3 aliphatic rings. The Morgan fingerprint density at radius 3 is 2.57 bits per heavy atom. The van der Waals surface area contributed by atoms with Crippen LogP contribution in [0.2, 0.25) is 0 Å². The summed E-state index contributed by atoms with van der Waals surface area (Å²) in [5, 5.41) is 48.8. The van der Waals surface area contributed by atoms with Crippen molar-refractivity contribution in [3.8, 4) is 0 Å². The second-order valence-corrected chi connectivity index (χ2v) is 6.20. The summed E-state index contributed by atoms with van der Waals surface area (Å²) in [6.45, 7) is 3.39. The fourth-order valence-corrected chi connectivity index (χ4v) is 3.40. The molecule has 130 valence electrons. The molecular formula is C15H22O8. The van der Waals surface area contributed by atoms with Gasteiger partial charge in [-0.05, 0) is 12.5 Å².